The van der Waals surface area contributed by atoms with Gasteiger partial charge in [0.05, 0.1) is 17.6 Å². The van der Waals surface area contributed by atoms with Crippen LogP contribution in [-0.4, -0.2) is 15.6 Å². The zero-order valence-corrected chi connectivity index (χ0v) is 11.9. The monoisotopic (exact) mass is 268 g/mol. The lowest BCUT2D eigenvalue weighted by Gasteiger charge is -2.01. The second kappa shape index (κ2) is 4.44. The summed E-state index contributed by atoms with van der Waals surface area (Å²) in [4.78, 5) is 12.5. The van der Waals surface area contributed by atoms with Gasteiger partial charge in [0.1, 0.15) is 5.78 Å². The van der Waals surface area contributed by atoms with Crippen LogP contribution in [0, 0.1) is 17.8 Å². The Bertz CT molecular complexity index is 663. The normalized spacial score (nSPS) is 27.8. The van der Waals surface area contributed by atoms with Crippen molar-refractivity contribution < 1.29 is 4.79 Å². The molecule has 104 valence electrons. The van der Waals surface area contributed by atoms with Gasteiger partial charge in [0.25, 0.3) is 0 Å². The highest BCUT2D eigenvalue weighted by Crippen LogP contribution is 2.58. The first kappa shape index (κ1) is 12.1. The summed E-state index contributed by atoms with van der Waals surface area (Å²) >= 11 is 0. The van der Waals surface area contributed by atoms with E-state index in [-0.39, 0.29) is 0 Å². The molecule has 20 heavy (non-hydrogen) atoms. The van der Waals surface area contributed by atoms with Gasteiger partial charge in [-0.3, -0.25) is 9.48 Å². The van der Waals surface area contributed by atoms with E-state index in [0.717, 1.165) is 23.1 Å². The van der Waals surface area contributed by atoms with Gasteiger partial charge >= 0.3 is 0 Å². The van der Waals surface area contributed by atoms with E-state index in [1.165, 1.54) is 19.3 Å². The molecular weight excluding hydrogens is 248 g/mol. The molecule has 1 aromatic carbocycles. The second-order valence-corrected chi connectivity index (χ2v) is 6.21. The number of hydrogen-bond donors (Lipinski definition) is 0. The fraction of sp³-hybridized carbons (Fsp3) is 0.529. The third-order valence-electron chi connectivity index (χ3n) is 5.15. The number of carbonyl (C=O) groups is 1. The third-order valence-corrected chi connectivity index (χ3v) is 5.15. The molecule has 4 rings (SSSR count). The molecule has 3 nitrogen and oxygen atoms in total. The summed E-state index contributed by atoms with van der Waals surface area (Å²) in [5, 5.41) is 5.79. The molecule has 2 fully saturated rings. The van der Waals surface area contributed by atoms with Crippen LogP contribution in [0.3, 0.4) is 0 Å². The Morgan fingerprint density at radius 2 is 2.05 bits per heavy atom. The molecule has 0 spiro atoms. The minimum absolute atomic E-state index is 0.356. The molecule has 3 heteroatoms. The standard InChI is InChI=1S/C17H20N2O/c1-2-19-15-9-4-3-6-13(15)14(18-19)10-16(20)17-11-7-5-8-12(11)17/h3-4,6,9,11-12,17H,2,5,7-8,10H2,1H3. The highest BCUT2D eigenvalue weighted by molar-refractivity contribution is 5.91. The minimum Gasteiger partial charge on any atom is -0.299 e. The van der Waals surface area contributed by atoms with Crippen LogP contribution >= 0.6 is 0 Å². The second-order valence-electron chi connectivity index (χ2n) is 6.21. The lowest BCUT2D eigenvalue weighted by Crippen LogP contribution is -2.10. The van der Waals surface area contributed by atoms with Crippen molar-refractivity contribution in [1.82, 2.24) is 9.78 Å². The molecule has 0 amide bonds. The van der Waals surface area contributed by atoms with Crippen LogP contribution in [0.2, 0.25) is 0 Å². The number of carbonyl (C=O) groups excluding carboxylic acids is 1. The summed E-state index contributed by atoms with van der Waals surface area (Å²) in [7, 11) is 0. The molecule has 2 atom stereocenters. The SMILES string of the molecule is CCn1nc(CC(=O)C2C3CCCC32)c2ccccc21. The van der Waals surface area contributed by atoms with Gasteiger partial charge in [-0.05, 0) is 37.7 Å². The van der Waals surface area contributed by atoms with Crippen molar-refractivity contribution in [3.05, 3.63) is 30.0 Å². The van der Waals surface area contributed by atoms with Gasteiger partial charge in [0.2, 0.25) is 0 Å². The van der Waals surface area contributed by atoms with Crippen molar-refractivity contribution >= 4 is 16.7 Å². The Morgan fingerprint density at radius 1 is 1.30 bits per heavy atom. The number of fused-ring (bicyclic) bond motifs is 2. The molecule has 0 radical (unpaired) electrons. The zero-order chi connectivity index (χ0) is 13.7. The lowest BCUT2D eigenvalue weighted by atomic mass is 10.0. The minimum atomic E-state index is 0.356. The maximum absolute atomic E-state index is 12.5. The molecule has 0 aliphatic heterocycles. The summed E-state index contributed by atoms with van der Waals surface area (Å²) in [5.41, 5.74) is 2.12. The first-order valence-corrected chi connectivity index (χ1v) is 7.76. The van der Waals surface area contributed by atoms with Crippen molar-refractivity contribution in [2.75, 3.05) is 0 Å². The van der Waals surface area contributed by atoms with E-state index in [4.69, 9.17) is 0 Å². The molecule has 1 heterocycles. The number of aromatic nitrogens is 2. The van der Waals surface area contributed by atoms with Gasteiger partial charge in [-0.1, -0.05) is 24.6 Å². The van der Waals surface area contributed by atoms with Crippen LogP contribution in [-0.2, 0) is 17.8 Å². The number of ketones is 1. The van der Waals surface area contributed by atoms with Crippen LogP contribution in [0.25, 0.3) is 10.9 Å². The highest BCUT2D eigenvalue weighted by atomic mass is 16.1. The van der Waals surface area contributed by atoms with Crippen LogP contribution in [0.15, 0.2) is 24.3 Å². The number of benzene rings is 1. The fourth-order valence-corrected chi connectivity index (χ4v) is 4.15. The van der Waals surface area contributed by atoms with E-state index in [0.29, 0.717) is 30.0 Å². The Hall–Kier alpha value is -1.64. The largest absolute Gasteiger partial charge is 0.299 e. The quantitative estimate of drug-likeness (QED) is 0.853. The van der Waals surface area contributed by atoms with Gasteiger partial charge in [-0.15, -0.1) is 0 Å². The fourth-order valence-electron chi connectivity index (χ4n) is 4.15. The molecule has 0 N–H and O–H groups in total. The molecule has 0 saturated heterocycles. The maximum Gasteiger partial charge on any atom is 0.142 e. The van der Waals surface area contributed by atoms with E-state index in [1.54, 1.807) is 0 Å². The molecular formula is C17H20N2O. The van der Waals surface area contributed by atoms with Gasteiger partial charge in [0.15, 0.2) is 0 Å². The lowest BCUT2D eigenvalue weighted by molar-refractivity contribution is -0.120. The van der Waals surface area contributed by atoms with Gasteiger partial charge in [-0.2, -0.15) is 5.10 Å². The number of Topliss-reactive ketones (excluding diaryl/α,β-unsaturated/α-hetero) is 1. The Morgan fingerprint density at radius 3 is 2.80 bits per heavy atom. The number of rotatable bonds is 4. The van der Waals surface area contributed by atoms with Crippen molar-refractivity contribution in [1.29, 1.82) is 0 Å². The van der Waals surface area contributed by atoms with Crippen LogP contribution in [0.4, 0.5) is 0 Å². The van der Waals surface area contributed by atoms with Gasteiger partial charge in [-0.25, -0.2) is 0 Å². The van der Waals surface area contributed by atoms with E-state index in [2.05, 4.69) is 24.2 Å². The smallest absolute Gasteiger partial charge is 0.142 e. The van der Waals surface area contributed by atoms with Crippen LogP contribution in [0.5, 0.6) is 0 Å². The Kier molecular flexibility index (Phi) is 2.69. The van der Waals surface area contributed by atoms with E-state index in [9.17, 15) is 4.79 Å². The molecule has 2 aliphatic rings. The predicted molar refractivity (Wildman–Crippen MR) is 78.4 cm³/mol. The van der Waals surface area contributed by atoms with Crippen molar-refractivity contribution in [2.24, 2.45) is 17.8 Å². The molecule has 2 saturated carbocycles. The summed E-state index contributed by atoms with van der Waals surface area (Å²) in [6.07, 6.45) is 4.38. The Labute approximate surface area is 119 Å². The van der Waals surface area contributed by atoms with E-state index < -0.39 is 0 Å². The van der Waals surface area contributed by atoms with Crippen molar-refractivity contribution in [2.45, 2.75) is 39.2 Å². The molecule has 1 aromatic heterocycles. The number of hydrogen-bond acceptors (Lipinski definition) is 2. The summed E-state index contributed by atoms with van der Waals surface area (Å²) < 4.78 is 2.01. The third kappa shape index (κ3) is 1.72. The van der Waals surface area contributed by atoms with E-state index >= 15 is 0 Å². The average Bonchev–Trinajstić information content (AvgIpc) is 2.84. The van der Waals surface area contributed by atoms with Crippen molar-refractivity contribution in [3.63, 3.8) is 0 Å². The number of nitrogens with zero attached hydrogens (tertiary/aromatic N) is 2. The molecule has 0 bridgehead atoms. The Balaban J connectivity index is 1.61. The summed E-state index contributed by atoms with van der Waals surface area (Å²) in [5.74, 6) is 2.20. The van der Waals surface area contributed by atoms with Crippen molar-refractivity contribution in [3.8, 4) is 0 Å². The van der Waals surface area contributed by atoms with E-state index in [1.807, 2.05) is 16.8 Å². The average molecular weight is 268 g/mol. The first-order chi connectivity index (χ1) is 9.79. The first-order valence-electron chi connectivity index (χ1n) is 7.76. The summed E-state index contributed by atoms with van der Waals surface area (Å²) in [6.45, 7) is 2.94. The molecule has 2 aliphatic carbocycles. The zero-order valence-electron chi connectivity index (χ0n) is 11.9. The summed E-state index contributed by atoms with van der Waals surface area (Å²) in [6, 6.07) is 8.24. The number of aryl methyl sites for hydroxylation is 1. The number of para-hydroxylation sites is 1. The van der Waals surface area contributed by atoms with Gasteiger partial charge in [0, 0.05) is 17.8 Å². The van der Waals surface area contributed by atoms with Gasteiger partial charge < -0.3 is 0 Å². The van der Waals surface area contributed by atoms with Crippen LogP contribution in [0.1, 0.15) is 31.9 Å². The maximum atomic E-state index is 12.5. The topological polar surface area (TPSA) is 34.9 Å². The highest BCUT2D eigenvalue weighted by Gasteiger charge is 2.55. The predicted octanol–water partition coefficient (Wildman–Crippen LogP) is 3.21. The van der Waals surface area contributed by atoms with Crippen LogP contribution < -0.4 is 0 Å². The molecule has 2 aromatic rings. The molecule has 2 unspecified atom stereocenters.